The van der Waals surface area contributed by atoms with Gasteiger partial charge in [-0.05, 0) is 44.5 Å². The number of carbonyl (C=O) groups is 3. The van der Waals surface area contributed by atoms with Crippen LogP contribution in [0.5, 0.6) is 11.5 Å². The molecular formula is C20H22N2O7. The van der Waals surface area contributed by atoms with Gasteiger partial charge >= 0.3 is 12.1 Å². The maximum Gasteiger partial charge on any atom is 0.413 e. The second-order valence-corrected chi connectivity index (χ2v) is 8.37. The summed E-state index contributed by atoms with van der Waals surface area (Å²) in [5.41, 5.74) is -0.192. The highest BCUT2D eigenvalue weighted by atomic mass is 16.6. The number of rotatable bonds is 3. The minimum absolute atomic E-state index is 0.0525. The normalized spacial score (nSPS) is 34.2. The Hall–Kier alpha value is -2.65. The van der Waals surface area contributed by atoms with Crippen molar-refractivity contribution in [1.29, 1.82) is 0 Å². The van der Waals surface area contributed by atoms with Gasteiger partial charge < -0.3 is 29.9 Å². The Morgan fingerprint density at radius 1 is 1.38 bits per heavy atom. The van der Waals surface area contributed by atoms with Crippen LogP contribution in [0.3, 0.4) is 0 Å². The van der Waals surface area contributed by atoms with E-state index in [0.717, 1.165) is 17.7 Å². The van der Waals surface area contributed by atoms with Gasteiger partial charge in [-0.2, -0.15) is 0 Å². The van der Waals surface area contributed by atoms with E-state index in [1.165, 1.54) is 0 Å². The first-order valence-electron chi connectivity index (χ1n) is 9.74. The molecule has 0 aromatic heterocycles. The number of hydrogen-bond acceptors (Lipinski definition) is 7. The van der Waals surface area contributed by atoms with Gasteiger partial charge in [0.25, 0.3) is 0 Å². The fraction of sp³-hybridized carbons (Fsp3) is 0.550. The third-order valence-corrected chi connectivity index (χ3v) is 7.10. The van der Waals surface area contributed by atoms with Crippen molar-refractivity contribution in [3.8, 4) is 11.5 Å². The molecule has 2 fully saturated rings. The summed E-state index contributed by atoms with van der Waals surface area (Å²) in [7, 11) is 1.99. The molecule has 1 aromatic rings. The van der Waals surface area contributed by atoms with Gasteiger partial charge in [-0.1, -0.05) is 6.07 Å². The van der Waals surface area contributed by atoms with E-state index < -0.39 is 35.7 Å². The first-order chi connectivity index (χ1) is 13.8. The minimum atomic E-state index is -1.19. The number of likely N-dealkylation sites (tertiary alicyclic amines) is 1. The Balaban J connectivity index is 1.61. The number of carbonyl (C=O) groups excluding carboxylic acids is 2. The number of carboxylic acid groups (broad SMARTS) is 1. The maximum atomic E-state index is 12.8. The minimum Gasteiger partial charge on any atom is -0.480 e. The molecule has 4 atom stereocenters. The Morgan fingerprint density at radius 2 is 2.17 bits per heavy atom. The number of nitrogens with one attached hydrogen (secondary N) is 1. The number of piperidine rings is 1. The van der Waals surface area contributed by atoms with E-state index in [-0.39, 0.29) is 24.0 Å². The number of likely N-dealkylation sites (N-methyl/N-ethyl adjacent to an activating group) is 1. The number of hydrogen-bond donors (Lipinski definition) is 3. The molecule has 4 aliphatic rings. The lowest BCUT2D eigenvalue weighted by Gasteiger charge is -2.61. The lowest BCUT2D eigenvalue weighted by atomic mass is 9.49. The smallest absolute Gasteiger partial charge is 0.413 e. The summed E-state index contributed by atoms with van der Waals surface area (Å²) in [6.45, 7) is 0.155. The quantitative estimate of drug-likeness (QED) is 0.655. The van der Waals surface area contributed by atoms with Crippen LogP contribution >= 0.6 is 0 Å². The van der Waals surface area contributed by atoms with Crippen LogP contribution in [0.25, 0.3) is 0 Å². The molecule has 1 amide bonds. The summed E-state index contributed by atoms with van der Waals surface area (Å²) >= 11 is 0. The average molecular weight is 402 g/mol. The number of nitrogens with zero attached hydrogens (tertiary/aromatic N) is 1. The standard InChI is InChI=1S/C20H22N2O7/c1-22-7-6-19-15-10-2-3-12(28-18(26)21-9-14(24)25)16(15)29-17(19)11(23)4-5-20(19,27)13(22)8-10/h2-3,13,17,27H,4-9H2,1H3,(H,21,26)(H,24,25)/t13-,17+,19?,20-/m1/s1. The van der Waals surface area contributed by atoms with Gasteiger partial charge in [-0.3, -0.25) is 9.59 Å². The van der Waals surface area contributed by atoms with Gasteiger partial charge in [0.2, 0.25) is 0 Å². The van der Waals surface area contributed by atoms with Crippen LogP contribution in [0.2, 0.25) is 0 Å². The first-order valence-corrected chi connectivity index (χ1v) is 9.74. The van der Waals surface area contributed by atoms with E-state index in [1.54, 1.807) is 6.07 Å². The van der Waals surface area contributed by atoms with Crippen LogP contribution in [-0.2, 0) is 21.4 Å². The lowest BCUT2D eigenvalue weighted by Crippen LogP contribution is -2.76. The van der Waals surface area contributed by atoms with E-state index in [4.69, 9.17) is 14.6 Å². The zero-order valence-corrected chi connectivity index (χ0v) is 15.9. The van der Waals surface area contributed by atoms with Crippen molar-refractivity contribution in [3.63, 3.8) is 0 Å². The van der Waals surface area contributed by atoms with Crippen LogP contribution in [0.15, 0.2) is 12.1 Å². The second-order valence-electron chi connectivity index (χ2n) is 8.37. The highest BCUT2D eigenvalue weighted by Crippen LogP contribution is 2.64. The molecule has 29 heavy (non-hydrogen) atoms. The molecule has 2 heterocycles. The first kappa shape index (κ1) is 18.4. The van der Waals surface area contributed by atoms with Crippen LogP contribution in [0, 0.1) is 0 Å². The SMILES string of the molecule is CN1CCC23c4c5ccc(OC(=O)NCC(=O)O)c4O[C@H]2C(=O)CC[C@@]3(O)[C@H]1C5. The Morgan fingerprint density at radius 3 is 2.93 bits per heavy atom. The van der Waals surface area contributed by atoms with E-state index >= 15 is 0 Å². The van der Waals surface area contributed by atoms with Gasteiger partial charge in [-0.25, -0.2) is 4.79 Å². The predicted molar refractivity (Wildman–Crippen MR) is 98.1 cm³/mol. The molecule has 0 radical (unpaired) electrons. The molecule has 2 bridgehead atoms. The van der Waals surface area contributed by atoms with E-state index in [1.807, 2.05) is 13.1 Å². The molecule has 9 heteroatoms. The van der Waals surface area contributed by atoms with Gasteiger partial charge in [-0.15, -0.1) is 0 Å². The third-order valence-electron chi connectivity index (χ3n) is 7.10. The van der Waals surface area contributed by atoms with Crippen molar-refractivity contribution < 1.29 is 34.1 Å². The molecule has 3 N–H and O–H groups in total. The highest BCUT2D eigenvalue weighted by molar-refractivity contribution is 5.90. The molecule has 1 saturated carbocycles. The molecule has 154 valence electrons. The molecule has 2 aliphatic carbocycles. The molecule has 1 unspecified atom stereocenters. The summed E-state index contributed by atoms with van der Waals surface area (Å²) in [6, 6.07) is 3.34. The summed E-state index contributed by atoms with van der Waals surface area (Å²) in [5, 5.41) is 22.7. The number of aliphatic hydroxyl groups is 1. The Kier molecular flexibility index (Phi) is 3.76. The summed E-state index contributed by atoms with van der Waals surface area (Å²) in [4.78, 5) is 37.6. The van der Waals surface area contributed by atoms with Gasteiger partial charge in [0.15, 0.2) is 23.4 Å². The van der Waals surface area contributed by atoms with Gasteiger partial charge in [0.1, 0.15) is 6.54 Å². The van der Waals surface area contributed by atoms with Crippen LogP contribution in [0.1, 0.15) is 30.4 Å². The predicted octanol–water partition coefficient (Wildman–Crippen LogP) is 0.213. The highest BCUT2D eigenvalue weighted by Gasteiger charge is 2.72. The molecule has 5 rings (SSSR count). The van der Waals surface area contributed by atoms with Crippen molar-refractivity contribution in [1.82, 2.24) is 10.2 Å². The van der Waals surface area contributed by atoms with Crippen LogP contribution in [0.4, 0.5) is 4.79 Å². The van der Waals surface area contributed by atoms with Crippen molar-refractivity contribution in [2.75, 3.05) is 20.1 Å². The molecule has 1 aromatic carbocycles. The molecule has 2 aliphatic heterocycles. The van der Waals surface area contributed by atoms with E-state index in [9.17, 15) is 19.5 Å². The average Bonchev–Trinajstić information content (AvgIpc) is 3.03. The van der Waals surface area contributed by atoms with Crippen LogP contribution < -0.4 is 14.8 Å². The number of amides is 1. The van der Waals surface area contributed by atoms with Crippen molar-refractivity contribution in [3.05, 3.63) is 23.3 Å². The van der Waals surface area contributed by atoms with Crippen molar-refractivity contribution >= 4 is 17.8 Å². The molecular weight excluding hydrogens is 380 g/mol. The molecule has 1 saturated heterocycles. The van der Waals surface area contributed by atoms with Crippen molar-refractivity contribution in [2.45, 2.75) is 48.8 Å². The summed E-state index contributed by atoms with van der Waals surface area (Å²) in [5.74, 6) is -0.799. The summed E-state index contributed by atoms with van der Waals surface area (Å²) < 4.78 is 11.4. The zero-order chi connectivity index (χ0) is 20.6. The van der Waals surface area contributed by atoms with Gasteiger partial charge in [0, 0.05) is 18.0 Å². The number of benzene rings is 1. The molecule has 9 nitrogen and oxygen atoms in total. The topological polar surface area (TPSA) is 125 Å². The van der Waals surface area contributed by atoms with E-state index in [0.29, 0.717) is 25.0 Å². The van der Waals surface area contributed by atoms with Gasteiger partial charge in [0.05, 0.1) is 11.0 Å². The summed E-state index contributed by atoms with van der Waals surface area (Å²) in [6.07, 6.45) is 0.0842. The zero-order valence-electron chi connectivity index (χ0n) is 15.9. The Bertz CT molecular complexity index is 947. The monoisotopic (exact) mass is 402 g/mol. The molecule has 1 spiro atoms. The fourth-order valence-corrected chi connectivity index (χ4v) is 5.89. The third kappa shape index (κ3) is 2.25. The van der Waals surface area contributed by atoms with E-state index in [2.05, 4.69) is 10.2 Å². The number of ether oxygens (including phenoxy) is 2. The maximum absolute atomic E-state index is 12.8. The number of ketones is 1. The number of Topliss-reactive ketones (excluding diaryl/α,β-unsaturated/α-hetero) is 1. The number of carboxylic acids is 1. The van der Waals surface area contributed by atoms with Crippen molar-refractivity contribution in [2.24, 2.45) is 0 Å². The Labute approximate surface area is 166 Å². The number of aliphatic carboxylic acids is 1. The fourth-order valence-electron chi connectivity index (χ4n) is 5.89. The van der Waals surface area contributed by atoms with Crippen LogP contribution in [-0.4, -0.2) is 70.8 Å². The largest absolute Gasteiger partial charge is 0.480 e. The second kappa shape index (κ2) is 5.93. The lowest BCUT2D eigenvalue weighted by molar-refractivity contribution is -0.185.